The van der Waals surface area contributed by atoms with Crippen molar-refractivity contribution >= 4 is 23.4 Å². The lowest BCUT2D eigenvalue weighted by Crippen LogP contribution is -2.40. The van der Waals surface area contributed by atoms with Crippen LogP contribution in [-0.4, -0.2) is 23.2 Å². The highest BCUT2D eigenvalue weighted by atomic mass is 35.5. The number of rotatable bonds is 0. The third kappa shape index (κ3) is 2.93. The lowest BCUT2D eigenvalue weighted by molar-refractivity contribution is 0.0577. The number of carbonyl (C=O) groups excluding carboxylic acids is 1. The standard InChI is InChI=1S/C13H17ClN2O2/c1-13(2,3)18-12(17)16-8-4-5-9-10(16)6-7-11(14)15-9/h6-7H,4-5,8H2,1-3H3. The van der Waals surface area contributed by atoms with Crippen molar-refractivity contribution in [2.24, 2.45) is 0 Å². The summed E-state index contributed by atoms with van der Waals surface area (Å²) in [6, 6.07) is 3.52. The summed E-state index contributed by atoms with van der Waals surface area (Å²) in [5, 5.41) is 0.458. The van der Waals surface area contributed by atoms with E-state index in [0.29, 0.717) is 11.7 Å². The summed E-state index contributed by atoms with van der Waals surface area (Å²) in [6.45, 7) is 6.23. The summed E-state index contributed by atoms with van der Waals surface area (Å²) < 4.78 is 5.39. The molecular weight excluding hydrogens is 252 g/mol. The van der Waals surface area contributed by atoms with Gasteiger partial charge in [0.1, 0.15) is 10.8 Å². The number of carbonyl (C=O) groups is 1. The Balaban J connectivity index is 2.25. The molecule has 1 aliphatic rings. The summed E-state index contributed by atoms with van der Waals surface area (Å²) in [6.07, 6.45) is 1.39. The molecule has 1 aromatic heterocycles. The van der Waals surface area contributed by atoms with Crippen LogP contribution in [0.25, 0.3) is 0 Å². The van der Waals surface area contributed by atoms with Gasteiger partial charge in [0.2, 0.25) is 0 Å². The number of pyridine rings is 1. The predicted molar refractivity (Wildman–Crippen MR) is 71.1 cm³/mol. The number of ether oxygens (including phenoxy) is 1. The molecule has 1 aliphatic heterocycles. The van der Waals surface area contributed by atoms with Gasteiger partial charge in [0.15, 0.2) is 0 Å². The van der Waals surface area contributed by atoms with Gasteiger partial charge >= 0.3 is 6.09 Å². The van der Waals surface area contributed by atoms with Gasteiger partial charge in [-0.05, 0) is 45.7 Å². The van der Waals surface area contributed by atoms with E-state index in [2.05, 4.69) is 4.98 Å². The van der Waals surface area contributed by atoms with Gasteiger partial charge in [-0.1, -0.05) is 11.6 Å². The highest BCUT2D eigenvalue weighted by Crippen LogP contribution is 2.28. The third-order valence-electron chi connectivity index (χ3n) is 2.62. The number of hydrogen-bond donors (Lipinski definition) is 0. The van der Waals surface area contributed by atoms with Gasteiger partial charge in [-0.25, -0.2) is 9.78 Å². The lowest BCUT2D eigenvalue weighted by Gasteiger charge is -2.31. The molecule has 2 heterocycles. The van der Waals surface area contributed by atoms with Crippen LogP contribution in [0.3, 0.4) is 0 Å². The fraction of sp³-hybridized carbons (Fsp3) is 0.538. The second kappa shape index (κ2) is 4.76. The zero-order valence-corrected chi connectivity index (χ0v) is 11.6. The zero-order chi connectivity index (χ0) is 13.3. The molecule has 18 heavy (non-hydrogen) atoms. The normalized spacial score (nSPS) is 15.2. The Morgan fingerprint density at radius 3 is 2.83 bits per heavy atom. The van der Waals surface area contributed by atoms with E-state index in [-0.39, 0.29) is 6.09 Å². The van der Waals surface area contributed by atoms with Crippen molar-refractivity contribution < 1.29 is 9.53 Å². The van der Waals surface area contributed by atoms with Crippen LogP contribution in [0.5, 0.6) is 0 Å². The molecule has 4 nitrogen and oxygen atoms in total. The van der Waals surface area contributed by atoms with Crippen LogP contribution >= 0.6 is 11.6 Å². The average Bonchev–Trinajstić information content (AvgIpc) is 2.25. The van der Waals surface area contributed by atoms with Crippen LogP contribution in [0, 0.1) is 0 Å². The topological polar surface area (TPSA) is 42.4 Å². The second-order valence-electron chi connectivity index (χ2n) is 5.34. The van der Waals surface area contributed by atoms with Crippen LogP contribution in [0.4, 0.5) is 10.5 Å². The van der Waals surface area contributed by atoms with Crippen LogP contribution in [0.1, 0.15) is 32.9 Å². The van der Waals surface area contributed by atoms with Gasteiger partial charge in [-0.2, -0.15) is 0 Å². The summed E-state index contributed by atoms with van der Waals surface area (Å²) >= 11 is 5.86. The number of fused-ring (bicyclic) bond motifs is 1. The van der Waals surface area contributed by atoms with Crippen LogP contribution in [-0.2, 0) is 11.2 Å². The van der Waals surface area contributed by atoms with Crippen molar-refractivity contribution in [3.05, 3.63) is 23.0 Å². The number of aromatic nitrogens is 1. The first-order valence-electron chi connectivity index (χ1n) is 6.03. The molecule has 1 amide bonds. The first kappa shape index (κ1) is 13.1. The van der Waals surface area contributed by atoms with Gasteiger partial charge < -0.3 is 4.74 Å². The van der Waals surface area contributed by atoms with E-state index in [9.17, 15) is 4.79 Å². The summed E-state index contributed by atoms with van der Waals surface area (Å²) in [4.78, 5) is 18.0. The van der Waals surface area contributed by atoms with Crippen LogP contribution in [0.2, 0.25) is 5.15 Å². The van der Waals surface area contributed by atoms with Gasteiger partial charge in [0.05, 0.1) is 11.4 Å². The maximum absolute atomic E-state index is 12.1. The fourth-order valence-electron chi connectivity index (χ4n) is 1.93. The van der Waals surface area contributed by atoms with Crippen molar-refractivity contribution in [1.29, 1.82) is 0 Å². The van der Waals surface area contributed by atoms with Crippen molar-refractivity contribution in [3.8, 4) is 0 Å². The molecule has 5 heteroatoms. The quantitative estimate of drug-likeness (QED) is 0.677. The molecule has 1 aromatic rings. The minimum absolute atomic E-state index is 0.326. The molecule has 0 aliphatic carbocycles. The Kier molecular flexibility index (Phi) is 3.48. The zero-order valence-electron chi connectivity index (χ0n) is 10.9. The Bertz CT molecular complexity index is 469. The maximum Gasteiger partial charge on any atom is 0.414 e. The molecule has 0 saturated heterocycles. The predicted octanol–water partition coefficient (Wildman–Crippen LogP) is 3.42. The fourth-order valence-corrected chi connectivity index (χ4v) is 2.09. The van der Waals surface area contributed by atoms with E-state index >= 15 is 0 Å². The van der Waals surface area contributed by atoms with Crippen molar-refractivity contribution in [1.82, 2.24) is 4.98 Å². The molecule has 0 unspecified atom stereocenters. The molecular formula is C13H17ClN2O2. The maximum atomic E-state index is 12.1. The Morgan fingerprint density at radius 1 is 1.44 bits per heavy atom. The van der Waals surface area contributed by atoms with Gasteiger partial charge in [0.25, 0.3) is 0 Å². The van der Waals surface area contributed by atoms with Crippen molar-refractivity contribution in [3.63, 3.8) is 0 Å². The van der Waals surface area contributed by atoms with E-state index in [0.717, 1.165) is 24.2 Å². The molecule has 0 fully saturated rings. The summed E-state index contributed by atoms with van der Waals surface area (Å²) in [5.74, 6) is 0. The number of nitrogens with zero attached hydrogens (tertiary/aromatic N) is 2. The van der Waals surface area contributed by atoms with Crippen LogP contribution in [0.15, 0.2) is 12.1 Å². The van der Waals surface area contributed by atoms with Gasteiger partial charge in [0, 0.05) is 6.54 Å². The van der Waals surface area contributed by atoms with E-state index < -0.39 is 5.60 Å². The second-order valence-corrected chi connectivity index (χ2v) is 5.72. The van der Waals surface area contributed by atoms with E-state index in [1.54, 1.807) is 11.0 Å². The molecule has 0 spiro atoms. The molecule has 2 rings (SSSR count). The number of amides is 1. The largest absolute Gasteiger partial charge is 0.443 e. The number of aryl methyl sites for hydroxylation is 1. The lowest BCUT2D eigenvalue weighted by atomic mass is 10.1. The Labute approximate surface area is 112 Å². The molecule has 0 bridgehead atoms. The van der Waals surface area contributed by atoms with E-state index in [1.165, 1.54) is 0 Å². The number of halogens is 1. The summed E-state index contributed by atoms with van der Waals surface area (Å²) in [5.41, 5.74) is 1.17. The SMILES string of the molecule is CC(C)(C)OC(=O)N1CCCc2nc(Cl)ccc21. The molecule has 0 radical (unpaired) electrons. The van der Waals surface area contributed by atoms with Crippen LogP contribution < -0.4 is 4.90 Å². The average molecular weight is 269 g/mol. The highest BCUT2D eigenvalue weighted by Gasteiger charge is 2.27. The monoisotopic (exact) mass is 268 g/mol. The summed E-state index contributed by atoms with van der Waals surface area (Å²) in [7, 11) is 0. The van der Waals surface area contributed by atoms with E-state index in [4.69, 9.17) is 16.3 Å². The highest BCUT2D eigenvalue weighted by molar-refractivity contribution is 6.29. The molecule has 98 valence electrons. The first-order valence-corrected chi connectivity index (χ1v) is 6.40. The minimum Gasteiger partial charge on any atom is -0.443 e. The van der Waals surface area contributed by atoms with E-state index in [1.807, 2.05) is 26.8 Å². The smallest absolute Gasteiger partial charge is 0.414 e. The Hall–Kier alpha value is -1.29. The molecule has 0 N–H and O–H groups in total. The number of anilines is 1. The van der Waals surface area contributed by atoms with Gasteiger partial charge in [-0.15, -0.1) is 0 Å². The number of hydrogen-bond acceptors (Lipinski definition) is 3. The van der Waals surface area contributed by atoms with Crippen molar-refractivity contribution in [2.75, 3.05) is 11.4 Å². The third-order valence-corrected chi connectivity index (χ3v) is 2.83. The van der Waals surface area contributed by atoms with Gasteiger partial charge in [-0.3, -0.25) is 4.90 Å². The Morgan fingerprint density at radius 2 is 2.17 bits per heavy atom. The first-order chi connectivity index (χ1) is 8.37. The minimum atomic E-state index is -0.492. The molecule has 0 saturated carbocycles. The molecule has 0 aromatic carbocycles. The molecule has 0 atom stereocenters. The van der Waals surface area contributed by atoms with Crippen molar-refractivity contribution in [2.45, 2.75) is 39.2 Å².